The van der Waals surface area contributed by atoms with Gasteiger partial charge in [-0.15, -0.1) is 0 Å². The number of unbranched alkanes of at least 4 members (excludes halogenated alkanes) is 3. The summed E-state index contributed by atoms with van der Waals surface area (Å²) in [5.41, 5.74) is 6.21. The number of amides is 1. The number of nitrogens with zero attached hydrogens (tertiary/aromatic N) is 3. The Morgan fingerprint density at radius 1 is 0.789 bits per heavy atom. The number of hydrogen-bond acceptors (Lipinski definition) is 10. The van der Waals surface area contributed by atoms with Crippen molar-refractivity contribution in [2.45, 2.75) is 57.4 Å². The maximum absolute atomic E-state index is 12.0. The van der Waals surface area contributed by atoms with Gasteiger partial charge in [0.25, 0.3) is 5.91 Å². The maximum Gasteiger partial charge on any atom is 0.251 e. The Kier molecular flexibility index (Phi) is 14.2. The summed E-state index contributed by atoms with van der Waals surface area (Å²) in [4.78, 5) is 25.6. The third kappa shape index (κ3) is 12.0. The molecule has 0 spiro atoms. The molecule has 0 saturated heterocycles. The molecule has 1 aromatic heterocycles. The van der Waals surface area contributed by atoms with Crippen molar-refractivity contribution in [1.82, 2.24) is 20.3 Å². The van der Waals surface area contributed by atoms with E-state index in [1.54, 1.807) is 12.1 Å². The Bertz CT molecular complexity index is 912. The fourth-order valence-electron chi connectivity index (χ4n) is 4.16. The molecule has 0 aliphatic heterocycles. The predicted molar refractivity (Wildman–Crippen MR) is 151 cm³/mol. The molecule has 11 heteroatoms. The summed E-state index contributed by atoms with van der Waals surface area (Å²) >= 11 is 0. The fraction of sp³-hybridized carbons (Fsp3) is 0.630. The van der Waals surface area contributed by atoms with E-state index < -0.39 is 0 Å². The van der Waals surface area contributed by atoms with Crippen LogP contribution in [0.4, 0.5) is 17.8 Å². The normalized spacial score (nSPS) is 13.4. The van der Waals surface area contributed by atoms with Gasteiger partial charge >= 0.3 is 0 Å². The number of carbonyl (C=O) groups excluding carboxylic acids is 1. The van der Waals surface area contributed by atoms with E-state index >= 15 is 0 Å². The lowest BCUT2D eigenvalue weighted by Crippen LogP contribution is -2.27. The van der Waals surface area contributed by atoms with E-state index in [1.165, 1.54) is 12.8 Å². The molecule has 6 N–H and O–H groups in total. The third-order valence-electron chi connectivity index (χ3n) is 6.21. The van der Waals surface area contributed by atoms with Crippen molar-refractivity contribution >= 4 is 23.8 Å². The number of ether oxygens (including phenoxy) is 2. The molecule has 38 heavy (non-hydrogen) atoms. The summed E-state index contributed by atoms with van der Waals surface area (Å²) in [6.07, 6.45) is 9.17. The van der Waals surface area contributed by atoms with Crippen LogP contribution in [0.25, 0.3) is 0 Å². The Balaban J connectivity index is 1.30. The van der Waals surface area contributed by atoms with Gasteiger partial charge in [0.1, 0.15) is 0 Å². The van der Waals surface area contributed by atoms with Crippen molar-refractivity contribution in [3.05, 3.63) is 35.9 Å². The molecular formula is C27H44N8O3. The lowest BCUT2D eigenvalue weighted by Gasteiger charge is -2.14. The summed E-state index contributed by atoms with van der Waals surface area (Å²) in [5, 5.41) is 12.9. The van der Waals surface area contributed by atoms with Gasteiger partial charge in [-0.1, -0.05) is 43.9 Å². The summed E-state index contributed by atoms with van der Waals surface area (Å²) in [6.45, 7) is 4.44. The number of benzene rings is 1. The minimum absolute atomic E-state index is 0.0997. The fourth-order valence-corrected chi connectivity index (χ4v) is 4.16. The molecular weight excluding hydrogens is 484 g/mol. The van der Waals surface area contributed by atoms with Crippen LogP contribution in [0.1, 0.15) is 61.7 Å². The summed E-state index contributed by atoms with van der Waals surface area (Å²) in [6, 6.07) is 9.55. The van der Waals surface area contributed by atoms with E-state index in [0.717, 1.165) is 51.6 Å². The zero-order valence-corrected chi connectivity index (χ0v) is 22.4. The summed E-state index contributed by atoms with van der Waals surface area (Å²) in [7, 11) is 0. The van der Waals surface area contributed by atoms with E-state index in [9.17, 15) is 4.79 Å². The molecule has 0 atom stereocenters. The Labute approximate surface area is 226 Å². The highest BCUT2D eigenvalue weighted by atomic mass is 16.5. The van der Waals surface area contributed by atoms with Crippen molar-refractivity contribution in [3.8, 4) is 0 Å². The molecule has 1 fully saturated rings. The molecule has 1 amide bonds. The SMILES string of the molecule is NCCCCCCNc1nc(NCCOCCOCCNC(=O)c2ccccc2)nc(NC2CCCC2)n1. The molecule has 1 aromatic carbocycles. The first-order valence-corrected chi connectivity index (χ1v) is 13.9. The number of nitrogens with one attached hydrogen (secondary N) is 4. The van der Waals surface area contributed by atoms with Crippen LogP contribution in [-0.4, -0.2) is 79.5 Å². The van der Waals surface area contributed by atoms with Crippen LogP contribution < -0.4 is 27.0 Å². The highest BCUT2D eigenvalue weighted by Crippen LogP contribution is 2.21. The van der Waals surface area contributed by atoms with Gasteiger partial charge in [-0.3, -0.25) is 4.79 Å². The van der Waals surface area contributed by atoms with Gasteiger partial charge in [0.05, 0.1) is 26.4 Å². The smallest absolute Gasteiger partial charge is 0.251 e. The second-order valence-corrected chi connectivity index (χ2v) is 9.34. The molecule has 2 aromatic rings. The molecule has 3 rings (SSSR count). The molecule has 1 saturated carbocycles. The number of rotatable bonds is 20. The first kappa shape index (κ1) is 29.5. The average Bonchev–Trinajstić information content (AvgIpc) is 3.45. The molecule has 1 aliphatic rings. The van der Waals surface area contributed by atoms with Gasteiger partial charge in [-0.25, -0.2) is 0 Å². The van der Waals surface area contributed by atoms with E-state index in [1.807, 2.05) is 18.2 Å². The van der Waals surface area contributed by atoms with Crippen molar-refractivity contribution in [1.29, 1.82) is 0 Å². The summed E-state index contributed by atoms with van der Waals surface area (Å²) < 4.78 is 11.2. The zero-order valence-electron chi connectivity index (χ0n) is 22.4. The second-order valence-electron chi connectivity index (χ2n) is 9.34. The topological polar surface area (TPSA) is 148 Å². The Morgan fingerprint density at radius 3 is 2.13 bits per heavy atom. The highest BCUT2D eigenvalue weighted by molar-refractivity contribution is 5.94. The molecule has 0 bridgehead atoms. The molecule has 210 valence electrons. The van der Waals surface area contributed by atoms with Crippen LogP contribution >= 0.6 is 0 Å². The largest absolute Gasteiger partial charge is 0.377 e. The van der Waals surface area contributed by atoms with Crippen LogP contribution in [0.15, 0.2) is 30.3 Å². The van der Waals surface area contributed by atoms with Gasteiger partial charge in [0.2, 0.25) is 17.8 Å². The maximum atomic E-state index is 12.0. The average molecular weight is 529 g/mol. The van der Waals surface area contributed by atoms with E-state index in [0.29, 0.717) is 69.0 Å². The standard InChI is InChI=1S/C27H44N8O3/c28-14-8-1-2-9-15-30-25-33-26(35-27(34-25)32-23-12-6-7-13-23)31-17-19-38-21-20-37-18-16-29-24(36)22-10-4-3-5-11-22/h3-5,10-11,23H,1-2,6-9,12-21,28H2,(H,29,36)(H3,30,31,32,33,34,35). The number of anilines is 3. The van der Waals surface area contributed by atoms with Gasteiger partial charge in [-0.2, -0.15) is 15.0 Å². The molecule has 11 nitrogen and oxygen atoms in total. The van der Waals surface area contributed by atoms with Crippen molar-refractivity contribution in [2.75, 3.05) is 68.6 Å². The number of hydrogen-bond donors (Lipinski definition) is 5. The Hall–Kier alpha value is -3.02. The molecule has 1 aliphatic carbocycles. The van der Waals surface area contributed by atoms with Gasteiger partial charge in [-0.05, 0) is 44.4 Å². The first-order valence-electron chi connectivity index (χ1n) is 13.9. The van der Waals surface area contributed by atoms with Crippen molar-refractivity contribution in [2.24, 2.45) is 5.73 Å². The van der Waals surface area contributed by atoms with E-state index in [4.69, 9.17) is 15.2 Å². The third-order valence-corrected chi connectivity index (χ3v) is 6.21. The van der Waals surface area contributed by atoms with Crippen LogP contribution in [0, 0.1) is 0 Å². The molecule has 1 heterocycles. The number of aromatic nitrogens is 3. The van der Waals surface area contributed by atoms with Crippen LogP contribution in [-0.2, 0) is 9.47 Å². The van der Waals surface area contributed by atoms with Gasteiger partial charge in [0.15, 0.2) is 0 Å². The lowest BCUT2D eigenvalue weighted by atomic mass is 10.2. The monoisotopic (exact) mass is 528 g/mol. The van der Waals surface area contributed by atoms with Gasteiger partial charge < -0.3 is 36.5 Å². The van der Waals surface area contributed by atoms with E-state index in [2.05, 4.69) is 36.2 Å². The van der Waals surface area contributed by atoms with E-state index in [-0.39, 0.29) is 5.91 Å². The minimum Gasteiger partial charge on any atom is -0.377 e. The minimum atomic E-state index is -0.0997. The first-order chi connectivity index (χ1) is 18.7. The predicted octanol–water partition coefficient (Wildman–Crippen LogP) is 3.03. The molecule has 0 unspecified atom stereocenters. The Morgan fingerprint density at radius 2 is 1.42 bits per heavy atom. The zero-order chi connectivity index (χ0) is 26.7. The number of carbonyl (C=O) groups is 1. The quantitative estimate of drug-likeness (QED) is 0.162. The van der Waals surface area contributed by atoms with Gasteiger partial charge in [0, 0.05) is 31.2 Å². The second kappa shape index (κ2) is 18.3. The lowest BCUT2D eigenvalue weighted by molar-refractivity contribution is 0.0519. The van der Waals surface area contributed by atoms with Crippen LogP contribution in [0.5, 0.6) is 0 Å². The van der Waals surface area contributed by atoms with Crippen LogP contribution in [0.2, 0.25) is 0 Å². The highest BCUT2D eigenvalue weighted by Gasteiger charge is 2.17. The van der Waals surface area contributed by atoms with Crippen LogP contribution in [0.3, 0.4) is 0 Å². The number of nitrogens with two attached hydrogens (primary N) is 1. The molecule has 0 radical (unpaired) electrons. The van der Waals surface area contributed by atoms with Crippen molar-refractivity contribution < 1.29 is 14.3 Å². The summed E-state index contributed by atoms with van der Waals surface area (Å²) in [5.74, 6) is 1.61. The van der Waals surface area contributed by atoms with Crippen molar-refractivity contribution in [3.63, 3.8) is 0 Å².